The number of likely N-dealkylation sites (tertiary alicyclic amines) is 1. The summed E-state index contributed by atoms with van der Waals surface area (Å²) in [6.07, 6.45) is -0.0987. The van der Waals surface area contributed by atoms with Crippen molar-refractivity contribution in [3.63, 3.8) is 0 Å². The minimum Gasteiger partial charge on any atom is -0.435 e. The Hall–Kier alpha value is -8.58. The molecule has 3 saturated heterocycles. The second-order valence-electron chi connectivity index (χ2n) is 32.0. The minimum absolute atomic E-state index is 0.0144. The molecule has 5 aliphatic rings. The molecule has 111 heavy (non-hydrogen) atoms. The van der Waals surface area contributed by atoms with E-state index in [1.807, 2.05) is 34.6 Å². The maximum atomic E-state index is 15.8. The summed E-state index contributed by atoms with van der Waals surface area (Å²) in [6.45, 7) is 5.90. The van der Waals surface area contributed by atoms with Gasteiger partial charge in [0.05, 0.1) is 44.3 Å². The van der Waals surface area contributed by atoms with Gasteiger partial charge < -0.3 is 69.5 Å². The van der Waals surface area contributed by atoms with E-state index in [4.69, 9.17) is 4.74 Å². The number of benzene rings is 2. The molecule has 0 radical (unpaired) electrons. The third kappa shape index (κ3) is 24.0. The van der Waals surface area contributed by atoms with Crippen molar-refractivity contribution >= 4 is 70.9 Å². The molecule has 1 spiro atoms. The quantitative estimate of drug-likeness (QED) is 0.132. The molecule has 26 nitrogen and oxygen atoms in total. The van der Waals surface area contributed by atoms with Crippen molar-refractivity contribution in [2.24, 2.45) is 23.7 Å². The second-order valence-corrected chi connectivity index (χ2v) is 32.0. The van der Waals surface area contributed by atoms with Gasteiger partial charge in [-0.05, 0) is 123 Å². The summed E-state index contributed by atoms with van der Waals surface area (Å²) in [5.74, 6) is -11.8. The van der Waals surface area contributed by atoms with Crippen molar-refractivity contribution in [2.45, 2.75) is 243 Å². The van der Waals surface area contributed by atoms with E-state index in [9.17, 15) is 45.9 Å². The Morgan fingerprint density at radius 3 is 1.80 bits per heavy atom. The lowest BCUT2D eigenvalue weighted by Crippen LogP contribution is -2.64. The van der Waals surface area contributed by atoms with Crippen LogP contribution >= 0.6 is 0 Å². The van der Waals surface area contributed by atoms with E-state index in [2.05, 4.69) is 20.7 Å². The average molecular weight is 1570 g/mol. The van der Waals surface area contributed by atoms with Gasteiger partial charge in [-0.15, -0.1) is 0 Å². The number of rotatable bonds is 17. The third-order valence-electron chi connectivity index (χ3n) is 22.7. The fraction of sp³-hybridized carbons (Fsp3) is 0.696. The molecule has 0 aromatic heterocycles. The highest BCUT2D eigenvalue weighted by Gasteiger charge is 2.52. The van der Waals surface area contributed by atoms with Crippen LogP contribution in [0.3, 0.4) is 0 Å². The maximum absolute atomic E-state index is 15.8. The molecular formula is C79H116F6N12O14. The van der Waals surface area contributed by atoms with Crippen molar-refractivity contribution in [3.8, 4) is 5.75 Å². The van der Waals surface area contributed by atoms with E-state index in [1.165, 1.54) is 88.3 Å². The first-order valence-electron chi connectivity index (χ1n) is 39.1. The van der Waals surface area contributed by atoms with Gasteiger partial charge in [0.15, 0.2) is 0 Å². The van der Waals surface area contributed by atoms with Crippen LogP contribution in [0.25, 0.3) is 0 Å². The van der Waals surface area contributed by atoms with Crippen LogP contribution in [0.5, 0.6) is 5.75 Å². The largest absolute Gasteiger partial charge is 0.435 e. The molecule has 3 heterocycles. The maximum Gasteiger partial charge on any atom is 0.419 e. The number of amides is 12. The zero-order chi connectivity index (χ0) is 82.1. The van der Waals surface area contributed by atoms with Crippen molar-refractivity contribution in [1.29, 1.82) is 0 Å². The Morgan fingerprint density at radius 2 is 1.21 bits per heavy atom. The number of nitrogens with one attached hydrogen (secondary N) is 3. The van der Waals surface area contributed by atoms with Crippen LogP contribution in [0.15, 0.2) is 42.5 Å². The molecule has 2 aromatic carbocycles. The van der Waals surface area contributed by atoms with Gasteiger partial charge >= 0.3 is 12.8 Å². The number of aryl methyl sites for hydroxylation is 1. The summed E-state index contributed by atoms with van der Waals surface area (Å²) in [5, 5.41) is 8.56. The lowest BCUT2D eigenvalue weighted by molar-refractivity contribution is -0.155. The zero-order valence-electron chi connectivity index (χ0n) is 66.6. The fourth-order valence-corrected chi connectivity index (χ4v) is 15.7. The first-order valence-corrected chi connectivity index (χ1v) is 39.1. The zero-order valence-corrected chi connectivity index (χ0v) is 66.6. The minimum atomic E-state index is -5.07. The number of alkyl halides is 5. The lowest BCUT2D eigenvalue weighted by Gasteiger charge is -2.41. The molecule has 0 bridgehead atoms. The molecule has 7 rings (SSSR count). The number of halogens is 6. The molecule has 618 valence electrons. The van der Waals surface area contributed by atoms with Gasteiger partial charge in [0, 0.05) is 75.4 Å². The van der Waals surface area contributed by atoms with Crippen molar-refractivity contribution in [2.75, 3.05) is 88.6 Å². The van der Waals surface area contributed by atoms with Gasteiger partial charge in [-0.25, -0.2) is 4.39 Å². The van der Waals surface area contributed by atoms with Gasteiger partial charge in [0.2, 0.25) is 70.9 Å². The Kier molecular flexibility index (Phi) is 32.5. The van der Waals surface area contributed by atoms with Crippen LogP contribution in [-0.2, 0) is 81.5 Å². The van der Waals surface area contributed by atoms with Crippen LogP contribution in [-0.4, -0.2) is 264 Å². The van der Waals surface area contributed by atoms with E-state index >= 15 is 38.0 Å². The Bertz CT molecular complexity index is 3590. The van der Waals surface area contributed by atoms with Gasteiger partial charge in [-0.3, -0.25) is 57.5 Å². The molecule has 12 amide bonds. The fourth-order valence-electron chi connectivity index (χ4n) is 15.7. The van der Waals surface area contributed by atoms with Gasteiger partial charge in [0.25, 0.3) is 0 Å². The van der Waals surface area contributed by atoms with E-state index in [-0.39, 0.29) is 87.2 Å². The molecule has 2 aliphatic carbocycles. The van der Waals surface area contributed by atoms with Crippen LogP contribution < -0.4 is 20.7 Å². The molecule has 3 aliphatic heterocycles. The molecule has 3 N–H and O–H groups in total. The average Bonchev–Trinajstić information content (AvgIpc) is 1.67. The molecule has 5 fully saturated rings. The topological polar surface area (TPSA) is 289 Å². The normalized spacial score (nSPS) is 25.2. The number of nitrogens with zero attached hydrogens (tertiary/aromatic N) is 9. The SMILES string of the molecule is CC[C@H](C)[C@@H]1NC(=O)[C@H](CC(C)C)N(C)C(=O)C[C@@H](C(=O)N2CCCCC2)N(C)C(=O)[C@H](CC(C)C)N(C)C(=O)C2(CCCC2)NC(=O)[C@@H]2C[C@@H](OCc3ccc(OC(F)F)cc3)CN2C(=O)[C@H](CCc2ccc(C(F)(F)F)c(F)c2)NC(=O)CN(C)C(=O)[C@H](CC2CCCCC2)N(C)C(=O)CN(C)C(=O)CN(C)C1=O. The predicted octanol–water partition coefficient (Wildman–Crippen LogP) is 7.17. The Morgan fingerprint density at radius 1 is 0.622 bits per heavy atom. The van der Waals surface area contributed by atoms with Crippen LogP contribution in [0, 0.1) is 29.5 Å². The number of hydrogen-bond acceptors (Lipinski definition) is 14. The van der Waals surface area contributed by atoms with Crippen molar-refractivity contribution < 1.29 is 93.4 Å². The first kappa shape index (κ1) is 89.6. The van der Waals surface area contributed by atoms with E-state index < -0.39 is 187 Å². The monoisotopic (exact) mass is 1570 g/mol. The van der Waals surface area contributed by atoms with Gasteiger partial charge in [-0.2, -0.15) is 22.0 Å². The number of carbonyl (C=O) groups is 12. The molecule has 2 saturated carbocycles. The Labute approximate surface area is 648 Å². The lowest BCUT2D eigenvalue weighted by atomic mass is 9.84. The summed E-state index contributed by atoms with van der Waals surface area (Å²) < 4.78 is 94.2. The first-order chi connectivity index (χ1) is 52.2. The van der Waals surface area contributed by atoms with Gasteiger partial charge in [0.1, 0.15) is 59.4 Å². The number of hydrogen-bond donors (Lipinski definition) is 3. The van der Waals surface area contributed by atoms with E-state index in [0.717, 1.165) is 56.2 Å². The van der Waals surface area contributed by atoms with E-state index in [0.29, 0.717) is 75.7 Å². The number of piperidine rings is 1. The van der Waals surface area contributed by atoms with Crippen LogP contribution in [0.1, 0.15) is 180 Å². The van der Waals surface area contributed by atoms with Crippen LogP contribution in [0.4, 0.5) is 26.3 Å². The predicted molar refractivity (Wildman–Crippen MR) is 398 cm³/mol. The highest BCUT2D eigenvalue weighted by Crippen LogP contribution is 2.37. The summed E-state index contributed by atoms with van der Waals surface area (Å²) >= 11 is 0. The molecule has 32 heteroatoms. The highest BCUT2D eigenvalue weighted by atomic mass is 19.4. The smallest absolute Gasteiger partial charge is 0.419 e. The number of fused-ring (bicyclic) bond motifs is 1. The summed E-state index contributed by atoms with van der Waals surface area (Å²) in [5.41, 5.74) is -2.88. The summed E-state index contributed by atoms with van der Waals surface area (Å²) in [6, 6.07) is -2.06. The number of likely N-dealkylation sites (N-methyl/N-ethyl adjacent to an activating group) is 7. The summed E-state index contributed by atoms with van der Waals surface area (Å²) in [7, 11) is 9.58. The Balaban J connectivity index is 1.33. The molecule has 0 unspecified atom stereocenters. The molecular weight excluding hydrogens is 1450 g/mol. The van der Waals surface area contributed by atoms with Gasteiger partial charge in [-0.1, -0.05) is 111 Å². The number of ether oxygens (including phenoxy) is 2. The highest BCUT2D eigenvalue weighted by molar-refractivity contribution is 6.01. The molecule has 2 aromatic rings. The second kappa shape index (κ2) is 40.2. The summed E-state index contributed by atoms with van der Waals surface area (Å²) in [4.78, 5) is 192. The van der Waals surface area contributed by atoms with Crippen molar-refractivity contribution in [1.82, 2.24) is 60.0 Å². The van der Waals surface area contributed by atoms with Crippen LogP contribution in [0.2, 0.25) is 0 Å². The van der Waals surface area contributed by atoms with Crippen molar-refractivity contribution in [3.05, 3.63) is 65.0 Å². The van der Waals surface area contributed by atoms with E-state index in [1.54, 1.807) is 11.8 Å². The third-order valence-corrected chi connectivity index (χ3v) is 22.7. The molecule has 9 atom stereocenters. The number of carbonyl (C=O) groups excluding carboxylic acids is 12. The standard InChI is InChI=1S/C79H116F6N12O14/c1-14-50(6)68-75(108)91(9)45-66(100)89(7)46-67(101)93(11)62(40-51-23-17-15-18-24-51)72(105)90(8)44-64(98)86-58(32-28-52-27-31-56(57(80)39-52)79(83,84)85)71(104)97-43-55(110-47-53-25-29-54(30-26-53)111-77(81)82)41-60(97)70(103)88-78(33-19-20-34-78)76(109)95(13)61(38-49(4)5)73(106)94(12)63(74(107)96-35-21-16-22-36-96)42-65(99)92(10)59(37-48(2)3)69(102)87-68/h25-27,29-31,39,48-51,55,58-63,68,77H,14-24,28,32-38,40-47H2,1-13H3,(H,86,98)(H,87,102)(H,88,103)/t50-,55+,58-,59-,60-,61-,62-,63-,68-/m0/s1.